The topological polar surface area (TPSA) is 78.4 Å². The minimum Gasteiger partial charge on any atom is -0.465 e. The first-order valence-electron chi connectivity index (χ1n) is 8.79. The molecular formula is C21H26N2O3. The Hall–Kier alpha value is -2.82. The average molecular weight is 354 g/mol. The van der Waals surface area contributed by atoms with Crippen molar-refractivity contribution in [3.8, 4) is 0 Å². The second-order valence-corrected chi connectivity index (χ2v) is 6.90. The SMILES string of the molecule is CC(C)c1cccc(C(C)C)c1NC(=O)[C@@H](NC(=O)O)c1ccccc1. The van der Waals surface area contributed by atoms with Gasteiger partial charge >= 0.3 is 6.09 Å². The van der Waals surface area contributed by atoms with Crippen molar-refractivity contribution in [2.75, 3.05) is 5.32 Å². The fourth-order valence-electron chi connectivity index (χ4n) is 2.96. The third-order valence-electron chi connectivity index (χ3n) is 4.28. The first-order chi connectivity index (χ1) is 12.3. The van der Waals surface area contributed by atoms with Crippen molar-refractivity contribution in [1.29, 1.82) is 0 Å². The number of nitrogens with one attached hydrogen (secondary N) is 2. The summed E-state index contributed by atoms with van der Waals surface area (Å²) in [6.45, 7) is 8.27. The lowest BCUT2D eigenvalue weighted by Gasteiger charge is -2.23. The van der Waals surface area contributed by atoms with Gasteiger partial charge in [0.2, 0.25) is 0 Å². The zero-order chi connectivity index (χ0) is 19.3. The molecule has 5 heteroatoms. The molecule has 0 radical (unpaired) electrons. The van der Waals surface area contributed by atoms with Crippen LogP contribution in [0.25, 0.3) is 0 Å². The Labute approximate surface area is 154 Å². The molecule has 0 saturated carbocycles. The summed E-state index contributed by atoms with van der Waals surface area (Å²) in [7, 11) is 0. The molecule has 2 rings (SSSR count). The Morgan fingerprint density at radius 1 is 0.846 bits per heavy atom. The van der Waals surface area contributed by atoms with Crippen LogP contribution in [-0.2, 0) is 4.79 Å². The monoisotopic (exact) mass is 354 g/mol. The van der Waals surface area contributed by atoms with Gasteiger partial charge < -0.3 is 15.7 Å². The Kier molecular flexibility index (Phi) is 6.39. The van der Waals surface area contributed by atoms with E-state index in [0.29, 0.717) is 5.56 Å². The molecule has 0 unspecified atom stereocenters. The smallest absolute Gasteiger partial charge is 0.405 e. The minimum absolute atomic E-state index is 0.228. The molecule has 0 aliphatic heterocycles. The van der Waals surface area contributed by atoms with Crippen LogP contribution >= 0.6 is 0 Å². The van der Waals surface area contributed by atoms with Gasteiger partial charge in [-0.3, -0.25) is 4.79 Å². The lowest BCUT2D eigenvalue weighted by atomic mass is 9.92. The van der Waals surface area contributed by atoms with E-state index in [-0.39, 0.29) is 11.8 Å². The summed E-state index contributed by atoms with van der Waals surface area (Å²) in [6.07, 6.45) is -1.24. The molecule has 5 nitrogen and oxygen atoms in total. The minimum atomic E-state index is -1.24. The summed E-state index contributed by atoms with van der Waals surface area (Å²) in [5.74, 6) is 0.0619. The number of benzene rings is 2. The Morgan fingerprint density at radius 3 is 1.85 bits per heavy atom. The fourth-order valence-corrected chi connectivity index (χ4v) is 2.96. The maximum absolute atomic E-state index is 13.0. The van der Waals surface area contributed by atoms with Crippen LogP contribution in [0.4, 0.5) is 10.5 Å². The summed E-state index contributed by atoms with van der Waals surface area (Å²) in [4.78, 5) is 24.2. The zero-order valence-corrected chi connectivity index (χ0v) is 15.6. The van der Waals surface area contributed by atoms with Crippen molar-refractivity contribution >= 4 is 17.7 Å². The number of amides is 2. The molecular weight excluding hydrogens is 328 g/mol. The van der Waals surface area contributed by atoms with Gasteiger partial charge in [-0.15, -0.1) is 0 Å². The summed E-state index contributed by atoms with van der Waals surface area (Å²) < 4.78 is 0. The van der Waals surface area contributed by atoms with Gasteiger partial charge in [0.1, 0.15) is 6.04 Å². The summed E-state index contributed by atoms with van der Waals surface area (Å²) >= 11 is 0. The third kappa shape index (κ3) is 4.63. The average Bonchev–Trinajstić information content (AvgIpc) is 2.59. The van der Waals surface area contributed by atoms with Crippen LogP contribution in [0, 0.1) is 0 Å². The number of hydrogen-bond donors (Lipinski definition) is 3. The number of anilines is 1. The number of carbonyl (C=O) groups excluding carboxylic acids is 1. The lowest BCUT2D eigenvalue weighted by Crippen LogP contribution is -2.36. The third-order valence-corrected chi connectivity index (χ3v) is 4.28. The zero-order valence-electron chi connectivity index (χ0n) is 15.6. The predicted octanol–water partition coefficient (Wildman–Crippen LogP) is 4.88. The van der Waals surface area contributed by atoms with Gasteiger partial charge in [0.05, 0.1) is 0 Å². The van der Waals surface area contributed by atoms with E-state index in [9.17, 15) is 9.59 Å². The van der Waals surface area contributed by atoms with Gasteiger partial charge in [0.15, 0.2) is 0 Å². The fraction of sp³-hybridized carbons (Fsp3) is 0.333. The summed E-state index contributed by atoms with van der Waals surface area (Å²) in [5, 5.41) is 14.5. The molecule has 0 fully saturated rings. The quantitative estimate of drug-likeness (QED) is 0.692. The molecule has 0 aromatic heterocycles. The van der Waals surface area contributed by atoms with Crippen LogP contribution in [0.15, 0.2) is 48.5 Å². The van der Waals surface area contributed by atoms with E-state index < -0.39 is 18.0 Å². The number of para-hydroxylation sites is 1. The van der Waals surface area contributed by atoms with Crippen LogP contribution in [0.2, 0.25) is 0 Å². The normalized spacial score (nSPS) is 12.1. The van der Waals surface area contributed by atoms with Gasteiger partial charge in [-0.1, -0.05) is 76.2 Å². The van der Waals surface area contributed by atoms with Crippen LogP contribution in [0.1, 0.15) is 62.3 Å². The van der Waals surface area contributed by atoms with Gasteiger partial charge in [-0.25, -0.2) is 4.79 Å². The standard InChI is InChI=1S/C21H26N2O3/c1-13(2)16-11-8-12-17(14(3)4)19(16)22-20(24)18(23-21(25)26)15-9-6-5-7-10-15/h5-14,18,23H,1-4H3,(H,22,24)(H,25,26)/t18-/m0/s1. The van der Waals surface area contributed by atoms with Gasteiger partial charge in [-0.2, -0.15) is 0 Å². The molecule has 3 N–H and O–H groups in total. The largest absolute Gasteiger partial charge is 0.465 e. The van der Waals surface area contributed by atoms with Crippen molar-refractivity contribution in [1.82, 2.24) is 5.32 Å². The van der Waals surface area contributed by atoms with Crippen molar-refractivity contribution in [2.45, 2.75) is 45.6 Å². The van der Waals surface area contributed by atoms with Crippen LogP contribution in [0.5, 0.6) is 0 Å². The van der Waals surface area contributed by atoms with E-state index >= 15 is 0 Å². The van der Waals surface area contributed by atoms with Crippen molar-refractivity contribution in [3.05, 3.63) is 65.2 Å². The number of carbonyl (C=O) groups is 2. The molecule has 138 valence electrons. The number of rotatable bonds is 6. The highest BCUT2D eigenvalue weighted by atomic mass is 16.4. The molecule has 26 heavy (non-hydrogen) atoms. The molecule has 2 amide bonds. The molecule has 0 aliphatic rings. The molecule has 2 aromatic carbocycles. The van der Waals surface area contributed by atoms with Gasteiger partial charge in [0, 0.05) is 5.69 Å². The Morgan fingerprint density at radius 2 is 1.38 bits per heavy atom. The van der Waals surface area contributed by atoms with E-state index in [1.54, 1.807) is 24.3 Å². The van der Waals surface area contributed by atoms with Gasteiger partial charge in [-0.05, 0) is 28.5 Å². The summed E-state index contributed by atoms with van der Waals surface area (Å²) in [5.41, 5.74) is 3.44. The molecule has 0 aliphatic carbocycles. The lowest BCUT2D eigenvalue weighted by molar-refractivity contribution is -0.118. The molecule has 0 spiro atoms. The van der Waals surface area contributed by atoms with E-state index in [1.165, 1.54) is 0 Å². The van der Waals surface area contributed by atoms with Crippen molar-refractivity contribution in [2.24, 2.45) is 0 Å². The molecule has 2 aromatic rings. The first kappa shape index (κ1) is 19.5. The highest BCUT2D eigenvalue weighted by molar-refractivity contribution is 5.98. The Balaban J connectivity index is 2.42. The highest BCUT2D eigenvalue weighted by Crippen LogP contribution is 2.33. The van der Waals surface area contributed by atoms with E-state index in [1.807, 2.05) is 24.3 Å². The van der Waals surface area contributed by atoms with Gasteiger partial charge in [0.25, 0.3) is 5.91 Å². The van der Waals surface area contributed by atoms with Crippen molar-refractivity contribution in [3.63, 3.8) is 0 Å². The number of hydrogen-bond acceptors (Lipinski definition) is 2. The Bertz CT molecular complexity index is 744. The van der Waals surface area contributed by atoms with Crippen LogP contribution < -0.4 is 10.6 Å². The maximum atomic E-state index is 13.0. The maximum Gasteiger partial charge on any atom is 0.405 e. The first-order valence-corrected chi connectivity index (χ1v) is 8.79. The van der Waals surface area contributed by atoms with Crippen LogP contribution in [0.3, 0.4) is 0 Å². The molecule has 1 atom stereocenters. The second-order valence-electron chi connectivity index (χ2n) is 6.90. The predicted molar refractivity (Wildman–Crippen MR) is 104 cm³/mol. The van der Waals surface area contributed by atoms with Crippen molar-refractivity contribution < 1.29 is 14.7 Å². The molecule has 0 heterocycles. The molecule has 0 saturated heterocycles. The van der Waals surface area contributed by atoms with E-state index in [2.05, 4.69) is 38.3 Å². The van der Waals surface area contributed by atoms with E-state index in [0.717, 1.165) is 16.8 Å². The summed E-state index contributed by atoms with van der Waals surface area (Å²) in [6, 6.07) is 13.9. The second kappa shape index (κ2) is 8.52. The van der Waals surface area contributed by atoms with E-state index in [4.69, 9.17) is 5.11 Å². The number of carboxylic acid groups (broad SMARTS) is 1. The highest BCUT2D eigenvalue weighted by Gasteiger charge is 2.25. The molecule has 0 bridgehead atoms. The van der Waals surface area contributed by atoms with Crippen LogP contribution in [-0.4, -0.2) is 17.1 Å².